The van der Waals surface area contributed by atoms with E-state index in [0.29, 0.717) is 34.5 Å². The van der Waals surface area contributed by atoms with Crippen LogP contribution in [0.3, 0.4) is 0 Å². The van der Waals surface area contributed by atoms with Crippen LogP contribution >= 0.6 is 11.6 Å². The summed E-state index contributed by atoms with van der Waals surface area (Å²) in [4.78, 5) is 16.5. The summed E-state index contributed by atoms with van der Waals surface area (Å²) in [6.07, 6.45) is 1.41. The topological polar surface area (TPSA) is 55.1 Å². The van der Waals surface area contributed by atoms with Crippen molar-refractivity contribution in [2.45, 2.75) is 33.6 Å². The maximum Gasteiger partial charge on any atom is 0.228 e. The van der Waals surface area contributed by atoms with Gasteiger partial charge in [-0.05, 0) is 48.2 Å². The van der Waals surface area contributed by atoms with Crippen LogP contribution in [0.15, 0.2) is 40.8 Å². The lowest BCUT2D eigenvalue weighted by Gasteiger charge is -2.09. The molecule has 0 aliphatic heterocycles. The molecule has 0 fully saturated rings. The standard InChI is InChI=1S/C20H21ClN2O2/c1-4-13-5-8-18-17(10-13)23-20(25-18)15-11-14(6-7-16(15)21)22-19(24)9-12(2)3/h5-8,10-12H,4,9H2,1-3H3,(H,22,24). The Hall–Kier alpha value is -2.33. The minimum absolute atomic E-state index is 0.0200. The van der Waals surface area contributed by atoms with Crippen LogP contribution in [0.1, 0.15) is 32.8 Å². The average Bonchev–Trinajstić information content (AvgIpc) is 2.98. The van der Waals surface area contributed by atoms with Gasteiger partial charge in [0.2, 0.25) is 11.8 Å². The van der Waals surface area contributed by atoms with Crippen LogP contribution in [-0.2, 0) is 11.2 Å². The number of carbonyl (C=O) groups is 1. The molecule has 0 spiro atoms. The molecule has 0 unspecified atom stereocenters. The summed E-state index contributed by atoms with van der Waals surface area (Å²) in [5.74, 6) is 0.734. The van der Waals surface area contributed by atoms with E-state index in [9.17, 15) is 4.79 Å². The molecule has 0 aliphatic carbocycles. The van der Waals surface area contributed by atoms with Gasteiger partial charge >= 0.3 is 0 Å². The van der Waals surface area contributed by atoms with Gasteiger partial charge in [-0.3, -0.25) is 4.79 Å². The first kappa shape index (κ1) is 17.5. The van der Waals surface area contributed by atoms with Crippen molar-refractivity contribution in [3.05, 3.63) is 47.0 Å². The quantitative estimate of drug-likeness (QED) is 0.638. The molecule has 5 heteroatoms. The Labute approximate surface area is 152 Å². The second-order valence-electron chi connectivity index (χ2n) is 6.52. The van der Waals surface area contributed by atoms with Gasteiger partial charge in [0.15, 0.2) is 5.58 Å². The first-order valence-electron chi connectivity index (χ1n) is 8.45. The van der Waals surface area contributed by atoms with E-state index >= 15 is 0 Å². The van der Waals surface area contributed by atoms with Gasteiger partial charge in [0.05, 0.1) is 10.6 Å². The van der Waals surface area contributed by atoms with Crippen LogP contribution in [0.5, 0.6) is 0 Å². The van der Waals surface area contributed by atoms with Crippen molar-refractivity contribution in [3.63, 3.8) is 0 Å². The molecular formula is C20H21ClN2O2. The molecule has 0 aliphatic rings. The molecule has 2 aromatic carbocycles. The number of amides is 1. The van der Waals surface area contributed by atoms with Crippen molar-refractivity contribution < 1.29 is 9.21 Å². The van der Waals surface area contributed by atoms with Gasteiger partial charge in [-0.2, -0.15) is 0 Å². The Bertz CT molecular complexity index is 915. The number of benzene rings is 2. The van der Waals surface area contributed by atoms with Crippen molar-refractivity contribution in [1.82, 2.24) is 4.98 Å². The van der Waals surface area contributed by atoms with Crippen LogP contribution in [0.2, 0.25) is 5.02 Å². The van der Waals surface area contributed by atoms with E-state index < -0.39 is 0 Å². The van der Waals surface area contributed by atoms with Gasteiger partial charge in [0.1, 0.15) is 5.52 Å². The highest BCUT2D eigenvalue weighted by Crippen LogP contribution is 2.32. The number of hydrogen-bond acceptors (Lipinski definition) is 3. The van der Waals surface area contributed by atoms with Crippen LogP contribution in [-0.4, -0.2) is 10.9 Å². The molecule has 3 rings (SSSR count). The van der Waals surface area contributed by atoms with E-state index in [-0.39, 0.29) is 5.91 Å². The predicted octanol–water partition coefficient (Wildman–Crippen LogP) is 5.70. The Kier molecular flexibility index (Phi) is 5.09. The Morgan fingerprint density at radius 3 is 2.76 bits per heavy atom. The molecule has 25 heavy (non-hydrogen) atoms. The van der Waals surface area contributed by atoms with Crippen molar-refractivity contribution >= 4 is 34.3 Å². The zero-order valence-corrected chi connectivity index (χ0v) is 15.4. The molecular weight excluding hydrogens is 336 g/mol. The second kappa shape index (κ2) is 7.28. The third kappa shape index (κ3) is 4.02. The highest BCUT2D eigenvalue weighted by Gasteiger charge is 2.14. The number of rotatable bonds is 5. The van der Waals surface area contributed by atoms with Gasteiger partial charge in [-0.1, -0.05) is 38.4 Å². The van der Waals surface area contributed by atoms with Gasteiger partial charge in [0.25, 0.3) is 0 Å². The number of nitrogens with zero attached hydrogens (tertiary/aromatic N) is 1. The molecule has 1 aromatic heterocycles. The van der Waals surface area contributed by atoms with Crippen molar-refractivity contribution in [2.75, 3.05) is 5.32 Å². The van der Waals surface area contributed by atoms with E-state index in [2.05, 4.69) is 17.2 Å². The molecule has 4 nitrogen and oxygen atoms in total. The molecule has 1 amide bonds. The lowest BCUT2D eigenvalue weighted by Crippen LogP contribution is -2.13. The van der Waals surface area contributed by atoms with Crippen LogP contribution < -0.4 is 5.32 Å². The number of carbonyl (C=O) groups excluding carboxylic acids is 1. The minimum Gasteiger partial charge on any atom is -0.436 e. The zero-order chi connectivity index (χ0) is 18.0. The van der Waals surface area contributed by atoms with E-state index in [1.165, 1.54) is 5.56 Å². The van der Waals surface area contributed by atoms with E-state index in [1.807, 2.05) is 32.0 Å². The number of anilines is 1. The van der Waals surface area contributed by atoms with Crippen LogP contribution in [0, 0.1) is 5.92 Å². The first-order valence-corrected chi connectivity index (χ1v) is 8.83. The number of aryl methyl sites for hydroxylation is 1. The summed E-state index contributed by atoms with van der Waals surface area (Å²) < 4.78 is 5.85. The second-order valence-corrected chi connectivity index (χ2v) is 6.92. The van der Waals surface area contributed by atoms with Crippen molar-refractivity contribution in [3.8, 4) is 11.5 Å². The van der Waals surface area contributed by atoms with Crippen molar-refractivity contribution in [2.24, 2.45) is 5.92 Å². The SMILES string of the molecule is CCc1ccc2oc(-c3cc(NC(=O)CC(C)C)ccc3Cl)nc2c1. The highest BCUT2D eigenvalue weighted by molar-refractivity contribution is 6.33. The summed E-state index contributed by atoms with van der Waals surface area (Å²) in [6.45, 7) is 6.12. The summed E-state index contributed by atoms with van der Waals surface area (Å²) in [6, 6.07) is 11.3. The van der Waals surface area contributed by atoms with Crippen molar-refractivity contribution in [1.29, 1.82) is 0 Å². The van der Waals surface area contributed by atoms with Gasteiger partial charge in [0, 0.05) is 12.1 Å². The fourth-order valence-electron chi connectivity index (χ4n) is 2.66. The first-order chi connectivity index (χ1) is 12.0. The molecule has 0 radical (unpaired) electrons. The highest BCUT2D eigenvalue weighted by atomic mass is 35.5. The lowest BCUT2D eigenvalue weighted by atomic mass is 10.1. The molecule has 0 saturated carbocycles. The number of nitrogens with one attached hydrogen (secondary N) is 1. The van der Waals surface area contributed by atoms with Gasteiger partial charge in [-0.15, -0.1) is 0 Å². The van der Waals surface area contributed by atoms with E-state index in [0.717, 1.165) is 17.5 Å². The molecule has 0 bridgehead atoms. The Morgan fingerprint density at radius 1 is 1.24 bits per heavy atom. The fourth-order valence-corrected chi connectivity index (χ4v) is 2.86. The summed E-state index contributed by atoms with van der Waals surface area (Å²) in [7, 11) is 0. The molecule has 130 valence electrons. The van der Waals surface area contributed by atoms with E-state index in [4.69, 9.17) is 16.0 Å². The van der Waals surface area contributed by atoms with E-state index in [1.54, 1.807) is 18.2 Å². The molecule has 3 aromatic rings. The Morgan fingerprint density at radius 2 is 2.04 bits per heavy atom. The summed E-state index contributed by atoms with van der Waals surface area (Å²) in [5, 5.41) is 3.43. The van der Waals surface area contributed by atoms with Gasteiger partial charge < -0.3 is 9.73 Å². The molecule has 0 saturated heterocycles. The normalized spacial score (nSPS) is 11.2. The number of fused-ring (bicyclic) bond motifs is 1. The molecule has 0 atom stereocenters. The monoisotopic (exact) mass is 356 g/mol. The molecule has 1 heterocycles. The zero-order valence-electron chi connectivity index (χ0n) is 14.6. The maximum atomic E-state index is 12.0. The van der Waals surface area contributed by atoms with Gasteiger partial charge in [-0.25, -0.2) is 4.98 Å². The number of aromatic nitrogens is 1. The number of hydrogen-bond donors (Lipinski definition) is 1. The summed E-state index contributed by atoms with van der Waals surface area (Å²) >= 11 is 6.33. The number of halogens is 1. The fraction of sp³-hybridized carbons (Fsp3) is 0.300. The predicted molar refractivity (Wildman–Crippen MR) is 102 cm³/mol. The smallest absolute Gasteiger partial charge is 0.228 e. The lowest BCUT2D eigenvalue weighted by molar-refractivity contribution is -0.116. The number of oxazole rings is 1. The molecule has 1 N–H and O–H groups in total. The maximum absolute atomic E-state index is 12.0. The largest absolute Gasteiger partial charge is 0.436 e. The van der Waals surface area contributed by atoms with Crippen LogP contribution in [0.25, 0.3) is 22.6 Å². The summed E-state index contributed by atoms with van der Waals surface area (Å²) in [5.41, 5.74) is 4.07. The van der Waals surface area contributed by atoms with Crippen LogP contribution in [0.4, 0.5) is 5.69 Å². The average molecular weight is 357 g/mol. The minimum atomic E-state index is -0.0200. The Balaban J connectivity index is 1.93. The third-order valence-corrected chi connectivity index (χ3v) is 4.26. The third-order valence-electron chi connectivity index (χ3n) is 3.93.